The Bertz CT molecular complexity index is 1440. The molecule has 0 aliphatic heterocycles. The number of aromatic nitrogens is 1. The number of ketones is 3. The van der Waals surface area contributed by atoms with E-state index in [9.17, 15) is 19.5 Å². The van der Waals surface area contributed by atoms with Crippen LogP contribution in [0, 0.1) is 13.8 Å². The SMILES string of the molecule is CC(=O)c1c(C)n(-c2ccc(C)cc2)c2cc(C(=O)CC(=O)/C=C\c3ccccc3)c(O)cc12. The van der Waals surface area contributed by atoms with Crippen LogP contribution in [0.4, 0.5) is 0 Å². The molecule has 0 saturated heterocycles. The second kappa shape index (κ2) is 9.32. The summed E-state index contributed by atoms with van der Waals surface area (Å²) in [6, 6.07) is 20.2. The molecule has 0 radical (unpaired) electrons. The quantitative estimate of drug-likeness (QED) is 0.212. The van der Waals surface area contributed by atoms with Gasteiger partial charge in [-0.3, -0.25) is 14.4 Å². The zero-order valence-electron chi connectivity index (χ0n) is 19.3. The maximum Gasteiger partial charge on any atom is 0.174 e. The van der Waals surface area contributed by atoms with Crippen molar-refractivity contribution in [2.75, 3.05) is 0 Å². The van der Waals surface area contributed by atoms with Gasteiger partial charge in [0.25, 0.3) is 0 Å². The first-order valence-electron chi connectivity index (χ1n) is 11.0. The standard InChI is InChI=1S/C29H25NO4/c1-18-9-12-22(13-10-18)30-19(2)29(20(3)31)24-17-28(34)25(16-26(24)30)27(33)15-23(32)14-11-21-7-5-4-6-8-21/h4-14,16-17,34H,15H2,1-3H3/b14-11-. The fourth-order valence-electron chi connectivity index (χ4n) is 4.21. The van der Waals surface area contributed by atoms with Crippen LogP contribution >= 0.6 is 0 Å². The minimum atomic E-state index is -0.485. The van der Waals surface area contributed by atoms with Gasteiger partial charge >= 0.3 is 0 Å². The van der Waals surface area contributed by atoms with Crippen molar-refractivity contribution >= 4 is 34.3 Å². The van der Waals surface area contributed by atoms with Gasteiger partial charge in [0.05, 0.1) is 17.5 Å². The van der Waals surface area contributed by atoms with Crippen molar-refractivity contribution in [2.45, 2.75) is 27.2 Å². The van der Waals surface area contributed by atoms with E-state index in [4.69, 9.17) is 0 Å². The largest absolute Gasteiger partial charge is 0.507 e. The molecule has 0 aliphatic carbocycles. The third kappa shape index (κ3) is 4.46. The van der Waals surface area contributed by atoms with Crippen LogP contribution in [0.15, 0.2) is 72.8 Å². The van der Waals surface area contributed by atoms with Crippen molar-refractivity contribution in [3.8, 4) is 11.4 Å². The van der Waals surface area contributed by atoms with Crippen molar-refractivity contribution in [2.24, 2.45) is 0 Å². The summed E-state index contributed by atoms with van der Waals surface area (Å²) in [5.74, 6) is -1.22. The lowest BCUT2D eigenvalue weighted by molar-refractivity contribution is -0.113. The molecule has 1 heterocycles. The molecule has 1 N–H and O–H groups in total. The maximum atomic E-state index is 13.0. The molecule has 0 fully saturated rings. The predicted octanol–water partition coefficient (Wildman–Crippen LogP) is 6.01. The molecule has 0 saturated carbocycles. The summed E-state index contributed by atoms with van der Waals surface area (Å²) < 4.78 is 1.90. The Labute approximate surface area is 198 Å². The average Bonchev–Trinajstić information content (AvgIpc) is 3.09. The number of rotatable bonds is 7. The molecule has 0 bridgehead atoms. The van der Waals surface area contributed by atoms with Crippen molar-refractivity contribution in [1.82, 2.24) is 4.57 Å². The van der Waals surface area contributed by atoms with Gasteiger partial charge in [-0.05, 0) is 56.7 Å². The minimum absolute atomic E-state index is 0.0509. The molecule has 0 amide bonds. The van der Waals surface area contributed by atoms with Gasteiger partial charge in [-0.1, -0.05) is 54.1 Å². The summed E-state index contributed by atoms with van der Waals surface area (Å²) in [5.41, 5.74) is 4.68. The molecular formula is C29H25NO4. The summed E-state index contributed by atoms with van der Waals surface area (Å²) >= 11 is 0. The highest BCUT2D eigenvalue weighted by molar-refractivity contribution is 6.16. The van der Waals surface area contributed by atoms with Crippen molar-refractivity contribution in [3.63, 3.8) is 0 Å². The Hall–Kier alpha value is -4.25. The zero-order valence-corrected chi connectivity index (χ0v) is 19.3. The molecule has 1 aromatic heterocycles. The molecule has 170 valence electrons. The lowest BCUT2D eigenvalue weighted by Gasteiger charge is -2.10. The Morgan fingerprint density at radius 1 is 0.941 bits per heavy atom. The lowest BCUT2D eigenvalue weighted by Crippen LogP contribution is -2.07. The molecule has 4 aromatic rings. The van der Waals surface area contributed by atoms with Crippen LogP contribution < -0.4 is 0 Å². The highest BCUT2D eigenvalue weighted by Crippen LogP contribution is 2.34. The van der Waals surface area contributed by atoms with E-state index in [-0.39, 0.29) is 29.3 Å². The first-order chi connectivity index (χ1) is 16.3. The average molecular weight is 452 g/mol. The smallest absolute Gasteiger partial charge is 0.174 e. The van der Waals surface area contributed by atoms with Crippen LogP contribution in [0.5, 0.6) is 5.75 Å². The highest BCUT2D eigenvalue weighted by atomic mass is 16.3. The van der Waals surface area contributed by atoms with Crippen LogP contribution in [0.1, 0.15) is 50.9 Å². The topological polar surface area (TPSA) is 76.4 Å². The van der Waals surface area contributed by atoms with Gasteiger partial charge < -0.3 is 9.67 Å². The zero-order chi connectivity index (χ0) is 24.4. The molecule has 4 rings (SSSR count). The summed E-state index contributed by atoms with van der Waals surface area (Å²) in [7, 11) is 0. The van der Waals surface area contributed by atoms with Gasteiger partial charge in [-0.2, -0.15) is 0 Å². The highest BCUT2D eigenvalue weighted by Gasteiger charge is 2.23. The number of phenolic OH excluding ortho intramolecular Hbond substituents is 1. The molecule has 0 aliphatic rings. The van der Waals surface area contributed by atoms with E-state index in [1.165, 1.54) is 19.1 Å². The summed E-state index contributed by atoms with van der Waals surface area (Å²) in [5, 5.41) is 11.2. The van der Waals surface area contributed by atoms with Gasteiger partial charge in [0.15, 0.2) is 17.3 Å². The van der Waals surface area contributed by atoms with E-state index in [1.54, 1.807) is 12.1 Å². The molecule has 0 spiro atoms. The van der Waals surface area contributed by atoms with Crippen LogP contribution in [-0.4, -0.2) is 27.0 Å². The molecule has 5 nitrogen and oxygen atoms in total. The molecule has 0 unspecified atom stereocenters. The van der Waals surface area contributed by atoms with Gasteiger partial charge in [0, 0.05) is 22.3 Å². The molecule has 34 heavy (non-hydrogen) atoms. The third-order valence-corrected chi connectivity index (χ3v) is 5.86. The number of fused-ring (bicyclic) bond motifs is 1. The monoisotopic (exact) mass is 451 g/mol. The number of carbonyl (C=O) groups excluding carboxylic acids is 3. The minimum Gasteiger partial charge on any atom is -0.507 e. The number of aromatic hydroxyl groups is 1. The first-order valence-corrected chi connectivity index (χ1v) is 11.0. The Morgan fingerprint density at radius 2 is 1.62 bits per heavy atom. The maximum absolute atomic E-state index is 13.0. The second-order valence-corrected chi connectivity index (χ2v) is 8.38. The van der Waals surface area contributed by atoms with E-state index < -0.39 is 5.78 Å². The van der Waals surface area contributed by atoms with Gasteiger partial charge in [-0.25, -0.2) is 0 Å². The summed E-state index contributed by atoms with van der Waals surface area (Å²) in [4.78, 5) is 37.8. The number of nitrogens with zero attached hydrogens (tertiary/aromatic N) is 1. The molecular weight excluding hydrogens is 426 g/mol. The van der Waals surface area contributed by atoms with Crippen molar-refractivity contribution < 1.29 is 19.5 Å². The molecule has 3 aromatic carbocycles. The number of hydrogen-bond acceptors (Lipinski definition) is 4. The number of benzene rings is 3. The van der Waals surface area contributed by atoms with E-state index >= 15 is 0 Å². The predicted molar refractivity (Wildman–Crippen MR) is 134 cm³/mol. The summed E-state index contributed by atoms with van der Waals surface area (Å²) in [6.07, 6.45) is 2.66. The third-order valence-electron chi connectivity index (χ3n) is 5.86. The van der Waals surface area contributed by atoms with E-state index in [1.807, 2.05) is 73.0 Å². The normalized spacial score (nSPS) is 11.3. The van der Waals surface area contributed by atoms with Crippen LogP contribution in [0.3, 0.4) is 0 Å². The number of allylic oxidation sites excluding steroid dienone is 1. The number of hydrogen-bond donors (Lipinski definition) is 1. The van der Waals surface area contributed by atoms with E-state index in [0.717, 1.165) is 22.5 Å². The van der Waals surface area contributed by atoms with Crippen LogP contribution in [-0.2, 0) is 4.79 Å². The molecule has 0 atom stereocenters. The van der Waals surface area contributed by atoms with Crippen molar-refractivity contribution in [3.05, 3.63) is 101 Å². The van der Waals surface area contributed by atoms with Gasteiger partial charge in [0.1, 0.15) is 5.75 Å². The van der Waals surface area contributed by atoms with Crippen molar-refractivity contribution in [1.29, 1.82) is 0 Å². The molecule has 5 heteroatoms. The number of phenols is 1. The Morgan fingerprint density at radius 3 is 2.26 bits per heavy atom. The number of aryl methyl sites for hydroxylation is 1. The first kappa shape index (κ1) is 22.9. The number of carbonyl (C=O) groups is 3. The Kier molecular flexibility index (Phi) is 6.28. The van der Waals surface area contributed by atoms with Crippen LogP contribution in [0.2, 0.25) is 0 Å². The second-order valence-electron chi connectivity index (χ2n) is 8.38. The van der Waals surface area contributed by atoms with Gasteiger partial charge in [0.2, 0.25) is 0 Å². The fraction of sp³-hybridized carbons (Fsp3) is 0.138. The Balaban J connectivity index is 1.74. The fourth-order valence-corrected chi connectivity index (χ4v) is 4.21. The lowest BCUT2D eigenvalue weighted by atomic mass is 10.0. The van der Waals surface area contributed by atoms with E-state index in [2.05, 4.69) is 0 Å². The van der Waals surface area contributed by atoms with Crippen LogP contribution in [0.25, 0.3) is 22.7 Å². The van der Waals surface area contributed by atoms with Gasteiger partial charge in [-0.15, -0.1) is 0 Å². The number of Topliss-reactive ketones (excluding diaryl/α,β-unsaturated/α-hetero) is 2. The van der Waals surface area contributed by atoms with E-state index in [0.29, 0.717) is 16.5 Å². The summed E-state index contributed by atoms with van der Waals surface area (Å²) in [6.45, 7) is 5.31.